The average molecular weight is 287 g/mol. The highest BCUT2D eigenvalue weighted by Gasteiger charge is 2.41. The first kappa shape index (κ1) is 13.3. The summed E-state index contributed by atoms with van der Waals surface area (Å²) in [7, 11) is 0. The zero-order valence-electron chi connectivity index (χ0n) is 12.6. The molecule has 112 valence electrons. The van der Waals surface area contributed by atoms with Crippen LogP contribution in [0.25, 0.3) is 11.0 Å². The second-order valence-corrected chi connectivity index (χ2v) is 6.81. The lowest BCUT2D eigenvalue weighted by molar-refractivity contribution is 0.391. The minimum absolute atomic E-state index is 0.208. The summed E-state index contributed by atoms with van der Waals surface area (Å²) in [5, 5.41) is 3.67. The molecule has 1 saturated carbocycles. The molecule has 1 aromatic carbocycles. The van der Waals surface area contributed by atoms with Gasteiger partial charge in [-0.1, -0.05) is 6.42 Å². The van der Waals surface area contributed by atoms with E-state index in [0.717, 1.165) is 29.3 Å². The van der Waals surface area contributed by atoms with Gasteiger partial charge in [-0.15, -0.1) is 0 Å². The Labute approximate surface area is 124 Å². The molecule has 0 radical (unpaired) electrons. The minimum atomic E-state index is -0.208. The third-order valence-corrected chi connectivity index (χ3v) is 5.22. The van der Waals surface area contributed by atoms with Crippen molar-refractivity contribution in [3.63, 3.8) is 0 Å². The lowest BCUT2D eigenvalue weighted by atomic mass is 9.93. The van der Waals surface area contributed by atoms with Gasteiger partial charge >= 0.3 is 0 Å². The van der Waals surface area contributed by atoms with Gasteiger partial charge in [-0.25, -0.2) is 9.37 Å². The number of nitrogens with one attached hydrogen (secondary N) is 1. The molecule has 21 heavy (non-hydrogen) atoms. The Bertz CT molecular complexity index is 676. The van der Waals surface area contributed by atoms with Gasteiger partial charge in [0.15, 0.2) is 0 Å². The molecule has 3 nitrogen and oxygen atoms in total. The number of hydrogen-bond donors (Lipinski definition) is 1. The molecule has 2 aromatic rings. The van der Waals surface area contributed by atoms with Gasteiger partial charge in [0.25, 0.3) is 0 Å². The molecule has 2 heterocycles. The summed E-state index contributed by atoms with van der Waals surface area (Å²) in [6.45, 7) is 5.45. The van der Waals surface area contributed by atoms with Crippen molar-refractivity contribution in [2.45, 2.75) is 45.2 Å². The monoisotopic (exact) mass is 287 g/mol. The van der Waals surface area contributed by atoms with Crippen molar-refractivity contribution in [2.24, 2.45) is 11.8 Å². The van der Waals surface area contributed by atoms with E-state index < -0.39 is 0 Å². The molecule has 1 aliphatic heterocycles. The number of halogens is 1. The van der Waals surface area contributed by atoms with Crippen LogP contribution in [0.1, 0.15) is 51.0 Å². The Kier molecular flexibility index (Phi) is 3.03. The number of benzene rings is 1. The zero-order valence-corrected chi connectivity index (χ0v) is 12.6. The fraction of sp³-hybridized carbons (Fsp3) is 0.588. The zero-order chi connectivity index (χ0) is 14.6. The van der Waals surface area contributed by atoms with Crippen molar-refractivity contribution in [1.29, 1.82) is 0 Å². The predicted molar refractivity (Wildman–Crippen MR) is 81.7 cm³/mol. The van der Waals surface area contributed by atoms with Crippen LogP contribution in [-0.4, -0.2) is 16.1 Å². The van der Waals surface area contributed by atoms with Crippen molar-refractivity contribution < 1.29 is 4.39 Å². The molecule has 4 rings (SSSR count). The maximum absolute atomic E-state index is 13.5. The van der Waals surface area contributed by atoms with Crippen LogP contribution in [-0.2, 0) is 0 Å². The third kappa shape index (κ3) is 2.00. The highest BCUT2D eigenvalue weighted by molar-refractivity contribution is 5.76. The van der Waals surface area contributed by atoms with Gasteiger partial charge in [-0.2, -0.15) is 0 Å². The number of aromatic nitrogens is 2. The van der Waals surface area contributed by atoms with E-state index in [1.807, 2.05) is 6.07 Å². The van der Waals surface area contributed by atoms with E-state index in [9.17, 15) is 4.39 Å². The Balaban J connectivity index is 1.85. The summed E-state index contributed by atoms with van der Waals surface area (Å²) in [6, 6.07) is 5.61. The molecule has 0 amide bonds. The minimum Gasteiger partial charge on any atom is -0.324 e. The normalized spacial score (nSPS) is 28.7. The van der Waals surface area contributed by atoms with Crippen molar-refractivity contribution in [3.8, 4) is 0 Å². The molecule has 2 aliphatic rings. The molecule has 1 N–H and O–H groups in total. The third-order valence-electron chi connectivity index (χ3n) is 5.22. The number of hydrogen-bond acceptors (Lipinski definition) is 2. The lowest BCUT2D eigenvalue weighted by Crippen LogP contribution is -2.23. The number of fused-ring (bicyclic) bond motifs is 2. The number of nitrogens with zero attached hydrogens (tertiary/aromatic N) is 2. The second kappa shape index (κ2) is 4.80. The van der Waals surface area contributed by atoms with Crippen molar-refractivity contribution >= 4 is 11.0 Å². The first-order valence-electron chi connectivity index (χ1n) is 8.06. The molecule has 1 aliphatic carbocycles. The van der Waals surface area contributed by atoms with Gasteiger partial charge in [0.05, 0.1) is 17.1 Å². The molecule has 3 unspecified atom stereocenters. The first-order valence-corrected chi connectivity index (χ1v) is 8.06. The fourth-order valence-corrected chi connectivity index (χ4v) is 4.32. The molecule has 0 spiro atoms. The van der Waals surface area contributed by atoms with E-state index in [1.165, 1.54) is 25.3 Å². The quantitative estimate of drug-likeness (QED) is 0.910. The van der Waals surface area contributed by atoms with Crippen LogP contribution >= 0.6 is 0 Å². The number of imidazole rings is 1. The molecule has 1 saturated heterocycles. The van der Waals surface area contributed by atoms with Gasteiger partial charge in [0.2, 0.25) is 0 Å². The summed E-state index contributed by atoms with van der Waals surface area (Å²) in [6.07, 6.45) is 3.97. The fourth-order valence-electron chi connectivity index (χ4n) is 4.32. The van der Waals surface area contributed by atoms with Gasteiger partial charge in [-0.3, -0.25) is 0 Å². The van der Waals surface area contributed by atoms with Gasteiger partial charge in [0.1, 0.15) is 11.6 Å². The van der Waals surface area contributed by atoms with Crippen molar-refractivity contribution in [1.82, 2.24) is 14.9 Å². The van der Waals surface area contributed by atoms with Gasteiger partial charge < -0.3 is 9.88 Å². The maximum atomic E-state index is 13.5. The Morgan fingerprint density at radius 1 is 1.33 bits per heavy atom. The maximum Gasteiger partial charge on any atom is 0.127 e. The van der Waals surface area contributed by atoms with Crippen molar-refractivity contribution in [3.05, 3.63) is 29.8 Å². The molecule has 2 fully saturated rings. The average Bonchev–Trinajstić information content (AvgIpc) is 3.09. The summed E-state index contributed by atoms with van der Waals surface area (Å²) in [5.41, 5.74) is 1.83. The largest absolute Gasteiger partial charge is 0.324 e. The van der Waals surface area contributed by atoms with Gasteiger partial charge in [0, 0.05) is 12.1 Å². The summed E-state index contributed by atoms with van der Waals surface area (Å²) >= 11 is 0. The van der Waals surface area contributed by atoms with Gasteiger partial charge in [-0.05, 0) is 57.2 Å². The van der Waals surface area contributed by atoms with E-state index in [2.05, 4.69) is 23.7 Å². The molecular weight excluding hydrogens is 265 g/mol. The van der Waals surface area contributed by atoms with E-state index in [4.69, 9.17) is 4.98 Å². The Morgan fingerprint density at radius 2 is 2.19 bits per heavy atom. The molecule has 4 heteroatoms. The van der Waals surface area contributed by atoms with Crippen LogP contribution in [0.4, 0.5) is 4.39 Å². The van der Waals surface area contributed by atoms with Crippen molar-refractivity contribution in [2.75, 3.05) is 6.54 Å². The van der Waals surface area contributed by atoms with E-state index in [1.54, 1.807) is 6.07 Å². The van der Waals surface area contributed by atoms with Crippen LogP contribution in [0.2, 0.25) is 0 Å². The SMILES string of the molecule is CC(C)n1c(C2NCC3CCCC32)nc2cc(F)ccc21. The second-order valence-electron chi connectivity index (χ2n) is 6.81. The summed E-state index contributed by atoms with van der Waals surface area (Å²) in [4.78, 5) is 4.80. The number of rotatable bonds is 2. The van der Waals surface area contributed by atoms with Crippen LogP contribution in [0, 0.1) is 17.7 Å². The van der Waals surface area contributed by atoms with Crippen LogP contribution in [0.15, 0.2) is 18.2 Å². The lowest BCUT2D eigenvalue weighted by Gasteiger charge is -2.21. The Morgan fingerprint density at radius 3 is 3.00 bits per heavy atom. The molecule has 3 atom stereocenters. The van der Waals surface area contributed by atoms with Crippen LogP contribution in [0.3, 0.4) is 0 Å². The topological polar surface area (TPSA) is 29.9 Å². The summed E-state index contributed by atoms with van der Waals surface area (Å²) < 4.78 is 15.8. The Hall–Kier alpha value is -1.42. The van der Waals surface area contributed by atoms with Crippen LogP contribution < -0.4 is 5.32 Å². The molecular formula is C17H22FN3. The first-order chi connectivity index (χ1) is 10.1. The van der Waals surface area contributed by atoms with E-state index >= 15 is 0 Å². The standard InChI is InChI=1S/C17H22FN3/c1-10(2)21-15-7-6-12(18)8-14(15)20-17(21)16-13-5-3-4-11(13)9-19-16/h6-8,10-11,13,16,19H,3-5,9H2,1-2H3. The van der Waals surface area contributed by atoms with E-state index in [0.29, 0.717) is 18.0 Å². The highest BCUT2D eigenvalue weighted by atomic mass is 19.1. The summed E-state index contributed by atoms with van der Waals surface area (Å²) in [5.74, 6) is 2.39. The van der Waals surface area contributed by atoms with E-state index in [-0.39, 0.29) is 5.82 Å². The molecule has 1 aromatic heterocycles. The molecule has 0 bridgehead atoms. The van der Waals surface area contributed by atoms with Crippen LogP contribution in [0.5, 0.6) is 0 Å². The predicted octanol–water partition coefficient (Wildman–Crippen LogP) is 3.82. The highest BCUT2D eigenvalue weighted by Crippen LogP contribution is 2.45. The smallest absolute Gasteiger partial charge is 0.127 e.